The van der Waals surface area contributed by atoms with Crippen molar-refractivity contribution in [1.29, 1.82) is 0 Å². The summed E-state index contributed by atoms with van der Waals surface area (Å²) in [5.74, 6) is 0.941. The molecule has 0 spiro atoms. The predicted octanol–water partition coefficient (Wildman–Crippen LogP) is 2.31. The highest BCUT2D eigenvalue weighted by atomic mass is 32.2. The second-order valence-corrected chi connectivity index (χ2v) is 6.71. The van der Waals surface area contributed by atoms with Gasteiger partial charge < -0.3 is 9.88 Å². The molecule has 108 valence electrons. The van der Waals surface area contributed by atoms with Crippen molar-refractivity contribution in [2.75, 3.05) is 11.6 Å². The van der Waals surface area contributed by atoms with Crippen LogP contribution in [-0.4, -0.2) is 24.2 Å². The molecule has 0 atom stereocenters. The SMILES string of the molecule is CCCn1ccnc1CNc1cccc(S(C)(=O)=O)c1. The van der Waals surface area contributed by atoms with Crippen LogP contribution in [0.3, 0.4) is 0 Å². The van der Waals surface area contributed by atoms with Gasteiger partial charge in [0.1, 0.15) is 5.82 Å². The summed E-state index contributed by atoms with van der Waals surface area (Å²) in [5, 5.41) is 3.21. The Balaban J connectivity index is 2.09. The summed E-state index contributed by atoms with van der Waals surface area (Å²) in [6.45, 7) is 3.62. The first-order valence-electron chi connectivity index (χ1n) is 6.54. The Hall–Kier alpha value is -1.82. The molecule has 0 saturated carbocycles. The van der Waals surface area contributed by atoms with Crippen molar-refractivity contribution in [1.82, 2.24) is 9.55 Å². The topological polar surface area (TPSA) is 64.0 Å². The van der Waals surface area contributed by atoms with Gasteiger partial charge in [-0.1, -0.05) is 13.0 Å². The van der Waals surface area contributed by atoms with E-state index in [2.05, 4.69) is 21.8 Å². The molecule has 0 radical (unpaired) electrons. The van der Waals surface area contributed by atoms with Gasteiger partial charge in [-0.05, 0) is 24.6 Å². The lowest BCUT2D eigenvalue weighted by Gasteiger charge is -2.09. The van der Waals surface area contributed by atoms with E-state index in [0.717, 1.165) is 24.5 Å². The van der Waals surface area contributed by atoms with E-state index in [9.17, 15) is 8.42 Å². The molecule has 0 aliphatic heterocycles. The van der Waals surface area contributed by atoms with Crippen molar-refractivity contribution in [2.24, 2.45) is 0 Å². The Morgan fingerprint density at radius 3 is 2.85 bits per heavy atom. The molecular weight excluding hydrogens is 274 g/mol. The van der Waals surface area contributed by atoms with Crippen LogP contribution in [0.4, 0.5) is 5.69 Å². The van der Waals surface area contributed by atoms with Crippen molar-refractivity contribution >= 4 is 15.5 Å². The Morgan fingerprint density at radius 2 is 2.15 bits per heavy atom. The highest BCUT2D eigenvalue weighted by Gasteiger charge is 2.07. The summed E-state index contributed by atoms with van der Waals surface area (Å²) in [6, 6.07) is 6.82. The highest BCUT2D eigenvalue weighted by molar-refractivity contribution is 7.90. The molecule has 1 heterocycles. The highest BCUT2D eigenvalue weighted by Crippen LogP contribution is 2.16. The summed E-state index contributed by atoms with van der Waals surface area (Å²) in [4.78, 5) is 4.62. The monoisotopic (exact) mass is 293 g/mol. The minimum absolute atomic E-state index is 0.319. The average molecular weight is 293 g/mol. The van der Waals surface area contributed by atoms with E-state index in [1.54, 1.807) is 24.4 Å². The third-order valence-electron chi connectivity index (χ3n) is 2.98. The Morgan fingerprint density at radius 1 is 1.35 bits per heavy atom. The Labute approximate surface area is 119 Å². The molecule has 0 saturated heterocycles. The smallest absolute Gasteiger partial charge is 0.175 e. The molecule has 0 fully saturated rings. The maximum Gasteiger partial charge on any atom is 0.175 e. The molecule has 2 aromatic rings. The van der Waals surface area contributed by atoms with Crippen LogP contribution >= 0.6 is 0 Å². The normalized spacial score (nSPS) is 11.5. The lowest BCUT2D eigenvalue weighted by molar-refractivity contribution is 0.602. The summed E-state index contributed by atoms with van der Waals surface area (Å²) < 4.78 is 25.1. The van der Waals surface area contributed by atoms with E-state index in [1.165, 1.54) is 6.26 Å². The van der Waals surface area contributed by atoms with E-state index >= 15 is 0 Å². The van der Waals surface area contributed by atoms with Crippen LogP contribution in [0.2, 0.25) is 0 Å². The molecule has 5 nitrogen and oxygen atoms in total. The zero-order valence-electron chi connectivity index (χ0n) is 11.7. The fraction of sp³-hybridized carbons (Fsp3) is 0.357. The minimum Gasteiger partial charge on any atom is -0.378 e. The lowest BCUT2D eigenvalue weighted by Crippen LogP contribution is -2.08. The fourth-order valence-corrected chi connectivity index (χ4v) is 2.64. The van der Waals surface area contributed by atoms with E-state index < -0.39 is 9.84 Å². The van der Waals surface area contributed by atoms with Gasteiger partial charge in [-0.3, -0.25) is 0 Å². The first kappa shape index (κ1) is 14.6. The zero-order valence-corrected chi connectivity index (χ0v) is 12.5. The quantitative estimate of drug-likeness (QED) is 0.887. The van der Waals surface area contributed by atoms with Gasteiger partial charge in [-0.25, -0.2) is 13.4 Å². The van der Waals surface area contributed by atoms with Gasteiger partial charge in [-0.2, -0.15) is 0 Å². The van der Waals surface area contributed by atoms with Gasteiger partial charge in [0.2, 0.25) is 0 Å². The maximum atomic E-state index is 11.5. The molecule has 20 heavy (non-hydrogen) atoms. The standard InChI is InChI=1S/C14H19N3O2S/c1-3-8-17-9-7-15-14(17)11-16-12-5-4-6-13(10-12)20(2,18)19/h4-7,9-10,16H,3,8,11H2,1-2H3. The molecule has 0 bridgehead atoms. The second-order valence-electron chi connectivity index (χ2n) is 4.69. The number of rotatable bonds is 6. The zero-order chi connectivity index (χ0) is 14.6. The van der Waals surface area contributed by atoms with Crippen LogP contribution in [0.15, 0.2) is 41.6 Å². The van der Waals surface area contributed by atoms with Gasteiger partial charge in [0.05, 0.1) is 11.4 Å². The van der Waals surface area contributed by atoms with Gasteiger partial charge in [0.15, 0.2) is 9.84 Å². The first-order chi connectivity index (χ1) is 9.50. The number of hydrogen-bond acceptors (Lipinski definition) is 4. The molecule has 1 aromatic carbocycles. The van der Waals surface area contributed by atoms with Gasteiger partial charge in [0.25, 0.3) is 0 Å². The number of nitrogens with one attached hydrogen (secondary N) is 1. The largest absolute Gasteiger partial charge is 0.378 e. The third kappa shape index (κ3) is 3.60. The molecule has 6 heteroatoms. The van der Waals surface area contributed by atoms with E-state index in [4.69, 9.17) is 0 Å². The number of benzene rings is 1. The van der Waals surface area contributed by atoms with Crippen LogP contribution < -0.4 is 5.32 Å². The number of aryl methyl sites for hydroxylation is 1. The molecule has 1 N–H and O–H groups in total. The van der Waals surface area contributed by atoms with E-state index in [1.807, 2.05) is 12.3 Å². The van der Waals surface area contributed by atoms with Crippen LogP contribution in [0.5, 0.6) is 0 Å². The van der Waals surface area contributed by atoms with Crippen molar-refractivity contribution in [3.05, 3.63) is 42.5 Å². The summed E-state index contributed by atoms with van der Waals surface area (Å²) >= 11 is 0. The van der Waals surface area contributed by atoms with E-state index in [-0.39, 0.29) is 0 Å². The Kier molecular flexibility index (Phi) is 4.44. The number of sulfone groups is 1. The van der Waals surface area contributed by atoms with E-state index in [0.29, 0.717) is 11.4 Å². The number of imidazole rings is 1. The van der Waals surface area contributed by atoms with Crippen LogP contribution in [0.25, 0.3) is 0 Å². The van der Waals surface area contributed by atoms with Crippen molar-refractivity contribution < 1.29 is 8.42 Å². The molecule has 1 aromatic heterocycles. The number of nitrogens with zero attached hydrogens (tertiary/aromatic N) is 2. The molecular formula is C14H19N3O2S. The number of aromatic nitrogens is 2. The molecule has 0 aliphatic carbocycles. The Bertz CT molecular complexity index is 677. The van der Waals surface area contributed by atoms with Crippen molar-refractivity contribution in [3.8, 4) is 0 Å². The molecule has 2 rings (SSSR count). The first-order valence-corrected chi connectivity index (χ1v) is 8.44. The average Bonchev–Trinajstić information content (AvgIpc) is 2.84. The maximum absolute atomic E-state index is 11.5. The minimum atomic E-state index is -3.18. The second kappa shape index (κ2) is 6.09. The van der Waals surface area contributed by atoms with Gasteiger partial charge in [0, 0.05) is 30.9 Å². The number of anilines is 1. The lowest BCUT2D eigenvalue weighted by atomic mass is 10.3. The third-order valence-corrected chi connectivity index (χ3v) is 4.09. The predicted molar refractivity (Wildman–Crippen MR) is 79.4 cm³/mol. The van der Waals surface area contributed by atoms with Crippen molar-refractivity contribution in [3.63, 3.8) is 0 Å². The summed E-state index contributed by atoms with van der Waals surface area (Å²) in [7, 11) is -3.18. The van der Waals surface area contributed by atoms with Crippen molar-refractivity contribution in [2.45, 2.75) is 31.3 Å². The fourth-order valence-electron chi connectivity index (χ4n) is 1.97. The van der Waals surface area contributed by atoms with Gasteiger partial charge in [-0.15, -0.1) is 0 Å². The summed E-state index contributed by atoms with van der Waals surface area (Å²) in [6.07, 6.45) is 5.99. The number of hydrogen-bond donors (Lipinski definition) is 1. The van der Waals surface area contributed by atoms with Crippen LogP contribution in [0.1, 0.15) is 19.2 Å². The van der Waals surface area contributed by atoms with Gasteiger partial charge >= 0.3 is 0 Å². The molecule has 0 aliphatic rings. The van der Waals surface area contributed by atoms with Crippen LogP contribution in [0, 0.1) is 0 Å². The molecule has 0 amide bonds. The van der Waals surface area contributed by atoms with Crippen LogP contribution in [-0.2, 0) is 22.9 Å². The molecule has 0 unspecified atom stereocenters. The summed E-state index contributed by atoms with van der Waals surface area (Å²) in [5.41, 5.74) is 0.777.